The molecule has 2 aliphatic rings. The molecule has 1 N–H and O–H groups in total. The van der Waals surface area contributed by atoms with Crippen LogP contribution in [0.2, 0.25) is 10.0 Å². The molecule has 1 saturated carbocycles. The molecule has 0 saturated heterocycles. The molecule has 1 aliphatic heterocycles. The van der Waals surface area contributed by atoms with Crippen LogP contribution in [0, 0.1) is 16.0 Å². The molecule has 170 valence electrons. The molecule has 0 amide bonds. The number of nitro groups is 1. The fourth-order valence-electron chi connectivity index (χ4n) is 5.01. The summed E-state index contributed by atoms with van der Waals surface area (Å²) in [5.41, 5.74) is 3.12. The topological polar surface area (TPSA) is 55.2 Å². The predicted molar refractivity (Wildman–Crippen MR) is 140 cm³/mol. The molecule has 5 atom stereocenters. The van der Waals surface area contributed by atoms with Gasteiger partial charge in [-0.05, 0) is 53.8 Å². The van der Waals surface area contributed by atoms with Gasteiger partial charge in [-0.1, -0.05) is 63.4 Å². The minimum Gasteiger partial charge on any atom is -0.376 e. The summed E-state index contributed by atoms with van der Waals surface area (Å²) in [6, 6.07) is 18.8. The summed E-state index contributed by atoms with van der Waals surface area (Å²) in [7, 11) is 0. The second-order valence-electron chi connectivity index (χ2n) is 8.28. The van der Waals surface area contributed by atoms with Crippen molar-refractivity contribution in [2.75, 3.05) is 5.32 Å². The van der Waals surface area contributed by atoms with Crippen molar-refractivity contribution in [1.82, 2.24) is 0 Å². The second kappa shape index (κ2) is 9.31. The molecule has 0 radical (unpaired) electrons. The normalized spacial score (nSPS) is 25.8. The van der Waals surface area contributed by atoms with Crippen LogP contribution in [0.4, 0.5) is 11.4 Å². The third-order valence-electron chi connectivity index (χ3n) is 6.41. The molecule has 1 aliphatic carbocycles. The van der Waals surface area contributed by atoms with Crippen LogP contribution in [0.1, 0.15) is 29.5 Å². The van der Waals surface area contributed by atoms with E-state index in [0.29, 0.717) is 14.9 Å². The summed E-state index contributed by atoms with van der Waals surface area (Å²) in [5.74, 6) is 0.184. The first-order valence-corrected chi connectivity index (χ1v) is 13.2. The van der Waals surface area contributed by atoms with Crippen molar-refractivity contribution in [1.29, 1.82) is 0 Å². The Morgan fingerprint density at radius 1 is 1.09 bits per heavy atom. The van der Waals surface area contributed by atoms with Crippen LogP contribution in [0.15, 0.2) is 70.0 Å². The van der Waals surface area contributed by atoms with Crippen molar-refractivity contribution in [2.45, 2.75) is 33.9 Å². The van der Waals surface area contributed by atoms with Gasteiger partial charge in [-0.25, -0.2) is 0 Å². The molecule has 1 fully saturated rings. The van der Waals surface area contributed by atoms with E-state index < -0.39 is 0 Å². The molecule has 0 aromatic heterocycles. The molecule has 3 aromatic rings. The smallest absolute Gasteiger partial charge is 0.282 e. The van der Waals surface area contributed by atoms with E-state index >= 15 is 0 Å². The van der Waals surface area contributed by atoms with Crippen molar-refractivity contribution in [2.24, 2.45) is 5.92 Å². The lowest BCUT2D eigenvalue weighted by atomic mass is 9.77. The number of nitro benzene ring substituents is 1. The summed E-state index contributed by atoms with van der Waals surface area (Å²) >= 11 is 25.1. The lowest BCUT2D eigenvalue weighted by molar-refractivity contribution is -0.387. The molecular formula is C24H18BrCl3N2O2S. The first-order chi connectivity index (χ1) is 15.8. The van der Waals surface area contributed by atoms with Gasteiger partial charge in [-0.15, -0.1) is 23.4 Å². The average molecular weight is 585 g/mol. The van der Waals surface area contributed by atoms with E-state index in [1.165, 1.54) is 17.8 Å². The number of nitrogens with one attached hydrogen (secondary N) is 1. The minimum atomic E-state index is -0.339. The molecule has 0 bridgehead atoms. The monoisotopic (exact) mass is 582 g/mol. The van der Waals surface area contributed by atoms with Gasteiger partial charge in [-0.2, -0.15) is 0 Å². The van der Waals surface area contributed by atoms with E-state index in [4.69, 9.17) is 34.8 Å². The Bertz CT molecular complexity index is 1230. The van der Waals surface area contributed by atoms with Gasteiger partial charge < -0.3 is 5.32 Å². The highest BCUT2D eigenvalue weighted by Crippen LogP contribution is 2.59. The van der Waals surface area contributed by atoms with Gasteiger partial charge >= 0.3 is 0 Å². The van der Waals surface area contributed by atoms with Crippen LogP contribution < -0.4 is 5.32 Å². The summed E-state index contributed by atoms with van der Waals surface area (Å²) in [5, 5.41) is 16.1. The third kappa shape index (κ3) is 4.37. The largest absolute Gasteiger partial charge is 0.376 e. The Morgan fingerprint density at radius 2 is 1.82 bits per heavy atom. The maximum Gasteiger partial charge on any atom is 0.282 e. The number of fused-ring (bicyclic) bond motifs is 3. The van der Waals surface area contributed by atoms with Crippen molar-refractivity contribution in [3.05, 3.63) is 96.4 Å². The van der Waals surface area contributed by atoms with E-state index in [2.05, 4.69) is 33.4 Å². The van der Waals surface area contributed by atoms with Crippen LogP contribution in [-0.2, 0) is 0 Å². The summed E-state index contributed by atoms with van der Waals surface area (Å²) in [6.07, 6.45) is 0.798. The quantitative estimate of drug-likeness (QED) is 0.189. The van der Waals surface area contributed by atoms with Gasteiger partial charge in [-0.3, -0.25) is 10.1 Å². The standard InChI is InChI=1S/C24H18BrCl3N2O2S/c25-13-7-5-12(6-8-13)23-16-11-20(33-19-4-2-1-3-18(19)30(31)32)22(28)21(16)15-9-14(26)10-17(27)24(15)29-23/h1-10,16,20-23,29H,11H2/t16-,20-,21-,22+,23-/m0/s1. The predicted octanol–water partition coefficient (Wildman–Crippen LogP) is 8.70. The van der Waals surface area contributed by atoms with Crippen molar-refractivity contribution in [3.8, 4) is 0 Å². The Labute approximate surface area is 219 Å². The SMILES string of the molecule is O=[N+]([O-])c1ccccc1S[C@H]1C[C@H]2[C@H](c3cc(Cl)cc(Cl)c3N[C@H]2c2ccc(Br)cc2)[C@@H]1Cl. The number of hydrogen-bond acceptors (Lipinski definition) is 4. The first-order valence-electron chi connectivity index (χ1n) is 10.4. The van der Waals surface area contributed by atoms with Crippen molar-refractivity contribution >= 4 is 73.9 Å². The summed E-state index contributed by atoms with van der Waals surface area (Å²) < 4.78 is 1.01. The molecule has 0 unspecified atom stereocenters. The Hall–Kier alpha value is -1.44. The maximum atomic E-state index is 11.5. The summed E-state index contributed by atoms with van der Waals surface area (Å²) in [6.45, 7) is 0. The number of alkyl halides is 1. The highest BCUT2D eigenvalue weighted by atomic mass is 79.9. The van der Waals surface area contributed by atoms with Gasteiger partial charge in [0.05, 0.1) is 31.9 Å². The number of para-hydroxylation sites is 1. The lowest BCUT2D eigenvalue weighted by Gasteiger charge is -2.39. The number of halogens is 4. The maximum absolute atomic E-state index is 11.5. The van der Waals surface area contributed by atoms with Crippen LogP contribution in [0.25, 0.3) is 0 Å². The lowest BCUT2D eigenvalue weighted by Crippen LogP contribution is -2.31. The Morgan fingerprint density at radius 3 is 2.55 bits per heavy atom. The number of benzene rings is 3. The van der Waals surface area contributed by atoms with E-state index in [1.807, 2.05) is 24.3 Å². The van der Waals surface area contributed by atoms with E-state index in [1.54, 1.807) is 18.2 Å². The van der Waals surface area contributed by atoms with E-state index in [-0.39, 0.29) is 39.1 Å². The van der Waals surface area contributed by atoms with Gasteiger partial charge in [0.1, 0.15) is 0 Å². The fourth-order valence-corrected chi connectivity index (χ4v) is 7.79. The first kappa shape index (κ1) is 23.3. The van der Waals surface area contributed by atoms with Gasteiger partial charge in [0.15, 0.2) is 0 Å². The van der Waals surface area contributed by atoms with Crippen molar-refractivity contribution < 1.29 is 4.92 Å². The highest BCUT2D eigenvalue weighted by molar-refractivity contribution is 9.10. The molecule has 5 rings (SSSR count). The molecule has 1 heterocycles. The van der Waals surface area contributed by atoms with Gasteiger partial charge in [0.25, 0.3) is 5.69 Å². The Balaban J connectivity index is 1.56. The number of thioether (sulfide) groups is 1. The Kier molecular flexibility index (Phi) is 6.57. The number of nitrogens with zero attached hydrogens (tertiary/aromatic N) is 1. The molecule has 3 aromatic carbocycles. The molecule has 9 heteroatoms. The second-order valence-corrected chi connectivity index (χ2v) is 11.8. The number of rotatable bonds is 4. The van der Waals surface area contributed by atoms with Crippen LogP contribution in [0.3, 0.4) is 0 Å². The number of hydrogen-bond donors (Lipinski definition) is 1. The van der Waals surface area contributed by atoms with Gasteiger partial charge in [0.2, 0.25) is 0 Å². The summed E-state index contributed by atoms with van der Waals surface area (Å²) in [4.78, 5) is 11.8. The molecular weight excluding hydrogens is 567 g/mol. The third-order valence-corrected chi connectivity index (χ3v) is 9.56. The zero-order valence-electron chi connectivity index (χ0n) is 17.1. The highest BCUT2D eigenvalue weighted by Gasteiger charge is 2.50. The van der Waals surface area contributed by atoms with Crippen LogP contribution in [0.5, 0.6) is 0 Å². The average Bonchev–Trinajstić information content (AvgIpc) is 3.10. The van der Waals surface area contributed by atoms with Crippen LogP contribution >= 0.6 is 62.5 Å². The zero-order chi connectivity index (χ0) is 23.3. The molecule has 4 nitrogen and oxygen atoms in total. The fraction of sp³-hybridized carbons (Fsp3) is 0.250. The number of anilines is 1. The molecule has 33 heavy (non-hydrogen) atoms. The van der Waals surface area contributed by atoms with Crippen molar-refractivity contribution in [3.63, 3.8) is 0 Å². The molecule has 0 spiro atoms. The zero-order valence-corrected chi connectivity index (χ0v) is 21.7. The van der Waals surface area contributed by atoms with Gasteiger partial charge in [0, 0.05) is 26.7 Å². The minimum absolute atomic E-state index is 0.00637. The van der Waals surface area contributed by atoms with Crippen LogP contribution in [-0.4, -0.2) is 15.6 Å². The van der Waals surface area contributed by atoms with E-state index in [9.17, 15) is 10.1 Å². The van der Waals surface area contributed by atoms with E-state index in [0.717, 1.165) is 27.7 Å².